The number of nitrogens with zero attached hydrogens (tertiary/aromatic N) is 2. The van der Waals surface area contributed by atoms with Gasteiger partial charge in [0.2, 0.25) is 0 Å². The smallest absolute Gasteiger partial charge is 0.161 e. The second-order valence-electron chi connectivity index (χ2n) is 6.19. The topological polar surface area (TPSA) is 51.0 Å². The summed E-state index contributed by atoms with van der Waals surface area (Å²) in [6.07, 6.45) is 0.932. The van der Waals surface area contributed by atoms with Crippen LogP contribution >= 0.6 is 0 Å². The molecule has 4 aliphatic heterocycles. The third-order valence-corrected chi connectivity index (χ3v) is 4.89. The molecular formula is C16H23N3O2. The molecule has 0 aromatic heterocycles. The Labute approximate surface area is 125 Å². The lowest BCUT2D eigenvalue weighted by molar-refractivity contribution is 0.00212. The molecule has 4 aliphatic rings. The third-order valence-electron chi connectivity index (χ3n) is 4.89. The van der Waals surface area contributed by atoms with Gasteiger partial charge in [0.25, 0.3) is 0 Å². The lowest BCUT2D eigenvalue weighted by atomic mass is 9.94. The minimum absolute atomic E-state index is 0.0326. The molecule has 0 saturated carbocycles. The average molecular weight is 289 g/mol. The zero-order valence-corrected chi connectivity index (χ0v) is 12.3. The number of ether oxygens (including phenoxy) is 2. The molecule has 5 rings (SSSR count). The van der Waals surface area contributed by atoms with Gasteiger partial charge in [-0.1, -0.05) is 6.07 Å². The van der Waals surface area contributed by atoms with Crippen molar-refractivity contribution in [1.82, 2.24) is 9.80 Å². The highest BCUT2D eigenvalue weighted by Gasteiger charge is 2.36. The zero-order chi connectivity index (χ0) is 14.2. The summed E-state index contributed by atoms with van der Waals surface area (Å²) >= 11 is 0. The molecule has 2 unspecified atom stereocenters. The van der Waals surface area contributed by atoms with Crippen LogP contribution in [0.3, 0.4) is 0 Å². The first-order valence-electron chi connectivity index (χ1n) is 7.93. The Morgan fingerprint density at radius 2 is 1.81 bits per heavy atom. The summed E-state index contributed by atoms with van der Waals surface area (Å²) in [6.45, 7) is 7.18. The summed E-state index contributed by atoms with van der Waals surface area (Å²) < 4.78 is 11.5. The van der Waals surface area contributed by atoms with Gasteiger partial charge in [-0.2, -0.15) is 0 Å². The number of rotatable bonds is 2. The maximum atomic E-state index is 6.56. The van der Waals surface area contributed by atoms with Crippen LogP contribution in [0.4, 0.5) is 0 Å². The van der Waals surface area contributed by atoms with Gasteiger partial charge in [-0.15, -0.1) is 0 Å². The van der Waals surface area contributed by atoms with E-state index in [4.69, 9.17) is 15.2 Å². The van der Waals surface area contributed by atoms with E-state index in [1.54, 1.807) is 0 Å². The van der Waals surface area contributed by atoms with Gasteiger partial charge >= 0.3 is 0 Å². The van der Waals surface area contributed by atoms with Crippen LogP contribution in [0.25, 0.3) is 0 Å². The van der Waals surface area contributed by atoms with Crippen LogP contribution in [0, 0.1) is 0 Å². The molecule has 2 atom stereocenters. The highest BCUT2D eigenvalue weighted by molar-refractivity contribution is 5.44. The van der Waals surface area contributed by atoms with Crippen LogP contribution in [-0.4, -0.2) is 61.8 Å². The van der Waals surface area contributed by atoms with E-state index in [9.17, 15) is 0 Å². The van der Waals surface area contributed by atoms with Crippen molar-refractivity contribution < 1.29 is 9.47 Å². The van der Waals surface area contributed by atoms with E-state index in [1.807, 2.05) is 6.07 Å². The highest BCUT2D eigenvalue weighted by Crippen LogP contribution is 2.34. The maximum Gasteiger partial charge on any atom is 0.161 e. The van der Waals surface area contributed by atoms with E-state index in [2.05, 4.69) is 21.9 Å². The lowest BCUT2D eigenvalue weighted by Gasteiger charge is -2.49. The SMILES string of the molecule is NC(c1ccc2c(c1)OCCCO2)C1CN2CCN1CC2. The van der Waals surface area contributed by atoms with Gasteiger partial charge in [0.15, 0.2) is 11.5 Å². The molecule has 0 spiro atoms. The zero-order valence-electron chi connectivity index (χ0n) is 12.3. The number of piperazine rings is 3. The Bertz CT molecular complexity index is 514. The van der Waals surface area contributed by atoms with Gasteiger partial charge < -0.3 is 15.2 Å². The van der Waals surface area contributed by atoms with Crippen LogP contribution in [0.15, 0.2) is 18.2 Å². The molecule has 2 bridgehead atoms. The van der Waals surface area contributed by atoms with Crippen molar-refractivity contribution in [2.24, 2.45) is 5.73 Å². The first kappa shape index (κ1) is 13.4. The Morgan fingerprint density at radius 3 is 2.52 bits per heavy atom. The van der Waals surface area contributed by atoms with Crippen LogP contribution in [0.2, 0.25) is 0 Å². The summed E-state index contributed by atoms with van der Waals surface area (Å²) in [6, 6.07) is 6.62. The van der Waals surface area contributed by atoms with E-state index < -0.39 is 0 Å². The van der Waals surface area contributed by atoms with Gasteiger partial charge in [-0.05, 0) is 17.7 Å². The van der Waals surface area contributed by atoms with E-state index in [0.29, 0.717) is 6.04 Å². The van der Waals surface area contributed by atoms with Crippen molar-refractivity contribution in [3.63, 3.8) is 0 Å². The fourth-order valence-corrected chi connectivity index (χ4v) is 3.61. The minimum Gasteiger partial charge on any atom is -0.490 e. The molecule has 1 aromatic rings. The minimum atomic E-state index is 0.0326. The summed E-state index contributed by atoms with van der Waals surface area (Å²) in [5.41, 5.74) is 7.71. The molecule has 5 nitrogen and oxygen atoms in total. The Hall–Kier alpha value is -1.30. The van der Waals surface area contributed by atoms with Crippen molar-refractivity contribution in [1.29, 1.82) is 0 Å². The van der Waals surface area contributed by atoms with Crippen molar-refractivity contribution in [3.8, 4) is 11.5 Å². The molecule has 3 fully saturated rings. The summed E-state index contributed by atoms with van der Waals surface area (Å²) in [5, 5.41) is 0. The molecule has 3 saturated heterocycles. The van der Waals surface area contributed by atoms with E-state index in [-0.39, 0.29) is 6.04 Å². The van der Waals surface area contributed by atoms with E-state index >= 15 is 0 Å². The van der Waals surface area contributed by atoms with Gasteiger partial charge in [0.05, 0.1) is 13.2 Å². The summed E-state index contributed by atoms with van der Waals surface area (Å²) in [5.74, 6) is 1.69. The fourth-order valence-electron chi connectivity index (χ4n) is 3.61. The normalized spacial score (nSPS) is 32.5. The number of hydrogen-bond donors (Lipinski definition) is 1. The number of hydrogen-bond acceptors (Lipinski definition) is 5. The molecule has 4 heterocycles. The largest absolute Gasteiger partial charge is 0.490 e. The van der Waals surface area contributed by atoms with Crippen LogP contribution < -0.4 is 15.2 Å². The van der Waals surface area contributed by atoms with Gasteiger partial charge in [-0.3, -0.25) is 9.80 Å². The molecule has 0 radical (unpaired) electrons. The molecule has 5 heteroatoms. The molecule has 1 aromatic carbocycles. The van der Waals surface area contributed by atoms with Crippen molar-refractivity contribution in [2.75, 3.05) is 45.9 Å². The predicted molar refractivity (Wildman–Crippen MR) is 80.8 cm³/mol. The standard InChI is InChI=1S/C16H23N3O2/c17-16(13-11-18-4-6-19(13)7-5-18)12-2-3-14-15(10-12)21-9-1-8-20-14/h2-3,10,13,16H,1,4-9,11,17H2. The van der Waals surface area contributed by atoms with Crippen LogP contribution in [0.1, 0.15) is 18.0 Å². The Balaban J connectivity index is 1.57. The summed E-state index contributed by atoms with van der Waals surface area (Å²) in [7, 11) is 0. The first-order valence-corrected chi connectivity index (χ1v) is 7.93. The van der Waals surface area contributed by atoms with E-state index in [1.165, 1.54) is 13.1 Å². The second-order valence-corrected chi connectivity index (χ2v) is 6.19. The summed E-state index contributed by atoms with van der Waals surface area (Å²) in [4.78, 5) is 5.06. The third kappa shape index (κ3) is 2.50. The van der Waals surface area contributed by atoms with Gasteiger partial charge in [0, 0.05) is 51.2 Å². The monoisotopic (exact) mass is 289 g/mol. The van der Waals surface area contributed by atoms with Crippen molar-refractivity contribution in [3.05, 3.63) is 23.8 Å². The second kappa shape index (κ2) is 5.48. The fraction of sp³-hybridized carbons (Fsp3) is 0.625. The Kier molecular flexibility index (Phi) is 3.49. The number of benzene rings is 1. The average Bonchev–Trinajstić information content (AvgIpc) is 2.79. The molecule has 21 heavy (non-hydrogen) atoms. The van der Waals surface area contributed by atoms with Crippen LogP contribution in [0.5, 0.6) is 11.5 Å². The molecule has 0 aliphatic carbocycles. The Morgan fingerprint density at radius 1 is 1.05 bits per heavy atom. The molecule has 114 valence electrons. The quantitative estimate of drug-likeness (QED) is 0.874. The molecular weight excluding hydrogens is 266 g/mol. The van der Waals surface area contributed by atoms with E-state index in [0.717, 1.165) is 56.3 Å². The van der Waals surface area contributed by atoms with Crippen LogP contribution in [-0.2, 0) is 0 Å². The number of nitrogens with two attached hydrogens (primary N) is 1. The predicted octanol–water partition coefficient (Wildman–Crippen LogP) is 0.847. The molecule has 0 amide bonds. The number of fused-ring (bicyclic) bond motifs is 4. The maximum absolute atomic E-state index is 6.56. The lowest BCUT2D eigenvalue weighted by Crippen LogP contribution is -2.63. The molecule has 2 N–H and O–H groups in total. The van der Waals surface area contributed by atoms with Crippen molar-refractivity contribution >= 4 is 0 Å². The highest BCUT2D eigenvalue weighted by atomic mass is 16.5. The van der Waals surface area contributed by atoms with Gasteiger partial charge in [-0.25, -0.2) is 0 Å². The van der Waals surface area contributed by atoms with Crippen molar-refractivity contribution in [2.45, 2.75) is 18.5 Å². The van der Waals surface area contributed by atoms with Gasteiger partial charge in [0.1, 0.15) is 0 Å². The first-order chi connectivity index (χ1) is 10.3.